The topological polar surface area (TPSA) is 52.1 Å². The molecule has 0 amide bonds. The van der Waals surface area contributed by atoms with Gasteiger partial charge in [0.05, 0.1) is 12.1 Å². The fourth-order valence-electron chi connectivity index (χ4n) is 2.17. The lowest BCUT2D eigenvalue weighted by molar-refractivity contribution is 0.0518. The van der Waals surface area contributed by atoms with Gasteiger partial charge in [-0.25, -0.2) is 4.79 Å². The van der Waals surface area contributed by atoms with Crippen LogP contribution in [0.5, 0.6) is 0 Å². The molecule has 0 aliphatic rings. The van der Waals surface area contributed by atoms with Crippen molar-refractivity contribution in [1.29, 1.82) is 0 Å². The first-order valence-corrected chi connectivity index (χ1v) is 7.25. The Morgan fingerprint density at radius 3 is 2.50 bits per heavy atom. The van der Waals surface area contributed by atoms with Crippen LogP contribution < -0.4 is 0 Å². The third kappa shape index (κ3) is 2.92. The largest absolute Gasteiger partial charge is 0.461 e. The van der Waals surface area contributed by atoms with Gasteiger partial charge in [0.2, 0.25) is 0 Å². The average molecular weight is 313 g/mol. The summed E-state index contributed by atoms with van der Waals surface area (Å²) in [6.07, 6.45) is 0. The Morgan fingerprint density at radius 2 is 1.77 bits per heavy atom. The molecule has 0 aliphatic carbocycles. The van der Waals surface area contributed by atoms with Gasteiger partial charge in [0.15, 0.2) is 5.69 Å². The molecule has 0 N–H and O–H groups in total. The van der Waals surface area contributed by atoms with Crippen molar-refractivity contribution in [2.75, 3.05) is 6.61 Å². The fourth-order valence-corrected chi connectivity index (χ4v) is 2.30. The number of carbonyl (C=O) groups excluding carboxylic acids is 1. The van der Waals surface area contributed by atoms with E-state index in [0.717, 1.165) is 22.0 Å². The van der Waals surface area contributed by atoms with E-state index in [1.54, 1.807) is 13.0 Å². The van der Waals surface area contributed by atoms with E-state index in [0.29, 0.717) is 11.6 Å². The quantitative estimate of drug-likeness (QED) is 0.682. The van der Waals surface area contributed by atoms with Crippen LogP contribution in [0.15, 0.2) is 48.5 Å². The van der Waals surface area contributed by atoms with E-state index in [4.69, 9.17) is 16.3 Å². The second-order valence-corrected chi connectivity index (χ2v) is 5.17. The van der Waals surface area contributed by atoms with Gasteiger partial charge in [-0.05, 0) is 48.4 Å². The highest BCUT2D eigenvalue weighted by Crippen LogP contribution is 2.25. The minimum absolute atomic E-state index is 0.211. The Morgan fingerprint density at radius 1 is 1.05 bits per heavy atom. The normalized spacial score (nSPS) is 10.6. The zero-order valence-corrected chi connectivity index (χ0v) is 12.7. The minimum Gasteiger partial charge on any atom is -0.461 e. The lowest BCUT2D eigenvalue weighted by atomic mass is 10.0. The highest BCUT2D eigenvalue weighted by atomic mass is 35.5. The molecule has 22 heavy (non-hydrogen) atoms. The number of nitrogens with zero attached hydrogens (tertiary/aromatic N) is 2. The van der Waals surface area contributed by atoms with Crippen molar-refractivity contribution < 1.29 is 9.53 Å². The number of esters is 1. The van der Waals surface area contributed by atoms with Crippen molar-refractivity contribution in [2.24, 2.45) is 0 Å². The molecule has 110 valence electrons. The van der Waals surface area contributed by atoms with E-state index >= 15 is 0 Å². The van der Waals surface area contributed by atoms with Gasteiger partial charge in [0.1, 0.15) is 0 Å². The predicted octanol–water partition coefficient (Wildman–Crippen LogP) is 4.13. The average Bonchev–Trinajstić information content (AvgIpc) is 2.55. The summed E-state index contributed by atoms with van der Waals surface area (Å²) in [7, 11) is 0. The molecule has 3 aromatic rings. The molecule has 0 spiro atoms. The molecule has 0 aliphatic heterocycles. The zero-order chi connectivity index (χ0) is 15.5. The van der Waals surface area contributed by atoms with Crippen LogP contribution in [0.4, 0.5) is 0 Å². The van der Waals surface area contributed by atoms with Crippen molar-refractivity contribution in [3.8, 4) is 11.1 Å². The van der Waals surface area contributed by atoms with Crippen LogP contribution in [-0.2, 0) is 4.74 Å². The van der Waals surface area contributed by atoms with Gasteiger partial charge in [0, 0.05) is 10.4 Å². The zero-order valence-electron chi connectivity index (χ0n) is 11.9. The number of benzene rings is 2. The molecule has 0 radical (unpaired) electrons. The van der Waals surface area contributed by atoms with Gasteiger partial charge in [-0.15, -0.1) is 10.2 Å². The van der Waals surface area contributed by atoms with Crippen LogP contribution >= 0.6 is 11.6 Å². The van der Waals surface area contributed by atoms with Gasteiger partial charge < -0.3 is 4.74 Å². The van der Waals surface area contributed by atoms with Crippen LogP contribution in [0.1, 0.15) is 17.4 Å². The van der Waals surface area contributed by atoms with Crippen LogP contribution in [0.3, 0.4) is 0 Å². The third-order valence-electron chi connectivity index (χ3n) is 3.25. The summed E-state index contributed by atoms with van der Waals surface area (Å²) in [4.78, 5) is 11.7. The smallest absolute Gasteiger partial charge is 0.358 e. The lowest BCUT2D eigenvalue weighted by Gasteiger charge is -2.05. The van der Waals surface area contributed by atoms with E-state index in [-0.39, 0.29) is 5.69 Å². The monoisotopic (exact) mass is 312 g/mol. The van der Waals surface area contributed by atoms with Crippen LogP contribution in [0.25, 0.3) is 22.0 Å². The first-order valence-electron chi connectivity index (χ1n) is 6.88. The molecule has 0 saturated carbocycles. The van der Waals surface area contributed by atoms with E-state index < -0.39 is 5.97 Å². The first kappa shape index (κ1) is 14.5. The molecule has 1 aromatic heterocycles. The van der Waals surface area contributed by atoms with Gasteiger partial charge in [0.25, 0.3) is 0 Å². The molecule has 0 atom stereocenters. The molecular weight excluding hydrogens is 300 g/mol. The fraction of sp³-hybridized carbons (Fsp3) is 0.118. The van der Waals surface area contributed by atoms with Crippen molar-refractivity contribution in [1.82, 2.24) is 10.2 Å². The summed E-state index contributed by atoms with van der Waals surface area (Å²) >= 11 is 5.91. The van der Waals surface area contributed by atoms with Gasteiger partial charge in [-0.3, -0.25) is 0 Å². The highest BCUT2D eigenvalue weighted by molar-refractivity contribution is 6.30. The maximum atomic E-state index is 11.7. The number of aromatic nitrogens is 2. The van der Waals surface area contributed by atoms with Gasteiger partial charge in [-0.2, -0.15) is 0 Å². The minimum atomic E-state index is -0.464. The Hall–Kier alpha value is -2.46. The molecular formula is C17H13ClN2O2. The molecule has 0 saturated heterocycles. The number of fused-ring (bicyclic) bond motifs is 1. The molecule has 3 rings (SSSR count). The Kier molecular flexibility index (Phi) is 4.02. The number of hydrogen-bond donors (Lipinski definition) is 0. The molecule has 5 heteroatoms. The summed E-state index contributed by atoms with van der Waals surface area (Å²) in [6, 6.07) is 15.1. The van der Waals surface area contributed by atoms with E-state index in [2.05, 4.69) is 10.2 Å². The van der Waals surface area contributed by atoms with Crippen molar-refractivity contribution >= 4 is 28.5 Å². The number of ether oxygens (including phenoxy) is 1. The number of halogens is 1. The summed E-state index contributed by atoms with van der Waals surface area (Å²) < 4.78 is 4.95. The van der Waals surface area contributed by atoms with Crippen molar-refractivity contribution in [2.45, 2.75) is 6.92 Å². The molecule has 0 bridgehead atoms. The summed E-state index contributed by atoms with van der Waals surface area (Å²) in [6.45, 7) is 2.06. The maximum absolute atomic E-state index is 11.7. The summed E-state index contributed by atoms with van der Waals surface area (Å²) in [5.41, 5.74) is 3.00. The van der Waals surface area contributed by atoms with E-state index in [1.807, 2.05) is 42.5 Å². The second-order valence-electron chi connectivity index (χ2n) is 4.73. The SMILES string of the molecule is CCOC(=O)c1cc2cc(-c3ccc(Cl)cc3)ccc2nn1. The van der Waals surface area contributed by atoms with Crippen LogP contribution in [0.2, 0.25) is 5.02 Å². The van der Waals surface area contributed by atoms with Gasteiger partial charge >= 0.3 is 5.97 Å². The summed E-state index contributed by atoms with van der Waals surface area (Å²) in [5.74, 6) is -0.464. The maximum Gasteiger partial charge on any atom is 0.358 e. The molecule has 0 fully saturated rings. The molecule has 2 aromatic carbocycles. The lowest BCUT2D eigenvalue weighted by Crippen LogP contribution is -2.07. The number of rotatable bonds is 3. The van der Waals surface area contributed by atoms with Crippen molar-refractivity contribution in [3.05, 3.63) is 59.2 Å². The van der Waals surface area contributed by atoms with E-state index in [1.165, 1.54) is 0 Å². The van der Waals surface area contributed by atoms with Crippen LogP contribution in [0, 0.1) is 0 Å². The van der Waals surface area contributed by atoms with E-state index in [9.17, 15) is 4.79 Å². The molecule has 1 heterocycles. The third-order valence-corrected chi connectivity index (χ3v) is 3.50. The van der Waals surface area contributed by atoms with Crippen LogP contribution in [-0.4, -0.2) is 22.8 Å². The standard InChI is InChI=1S/C17H13ClN2O2/c1-2-22-17(21)16-10-13-9-12(5-8-15(13)19-20-16)11-3-6-14(18)7-4-11/h3-10H,2H2,1H3. The highest BCUT2D eigenvalue weighted by Gasteiger charge is 2.10. The Balaban J connectivity index is 2.04. The predicted molar refractivity (Wildman–Crippen MR) is 85.9 cm³/mol. The first-order chi connectivity index (χ1) is 10.7. The molecule has 0 unspecified atom stereocenters. The van der Waals surface area contributed by atoms with Crippen molar-refractivity contribution in [3.63, 3.8) is 0 Å². The Bertz CT molecular complexity index is 832. The number of carbonyl (C=O) groups is 1. The summed E-state index contributed by atoms with van der Waals surface area (Å²) in [5, 5.41) is 9.49. The Labute approximate surface area is 132 Å². The van der Waals surface area contributed by atoms with Gasteiger partial charge in [-0.1, -0.05) is 29.8 Å². The number of hydrogen-bond acceptors (Lipinski definition) is 4. The second kappa shape index (κ2) is 6.12. The molecule has 4 nitrogen and oxygen atoms in total.